The highest BCUT2D eigenvalue weighted by molar-refractivity contribution is 5.73. The van der Waals surface area contributed by atoms with Crippen molar-refractivity contribution in [2.24, 2.45) is 0 Å². The molecule has 0 radical (unpaired) electrons. The first-order valence-corrected chi connectivity index (χ1v) is 9.27. The lowest BCUT2D eigenvalue weighted by Gasteiger charge is -2.09. The standard InChI is InChI=1S/C24H17FN4/c25-20-6-4-17(5-7-20)18-10-13-29-23(16-27-24(29)15-18)19-2-1-3-22(14-19)28-21-8-11-26-12-9-21/h1-16H,(H,26,28). The number of fused-ring (bicyclic) bond motifs is 1. The van der Waals surface area contributed by atoms with E-state index in [9.17, 15) is 4.39 Å². The van der Waals surface area contributed by atoms with E-state index in [4.69, 9.17) is 0 Å². The predicted molar refractivity (Wildman–Crippen MR) is 114 cm³/mol. The fourth-order valence-electron chi connectivity index (χ4n) is 3.37. The lowest BCUT2D eigenvalue weighted by Crippen LogP contribution is -1.92. The first kappa shape index (κ1) is 17.1. The zero-order chi connectivity index (χ0) is 19.6. The first-order chi connectivity index (χ1) is 14.3. The van der Waals surface area contributed by atoms with Crippen LogP contribution in [0.1, 0.15) is 0 Å². The van der Waals surface area contributed by atoms with Gasteiger partial charge in [-0.05, 0) is 59.7 Å². The van der Waals surface area contributed by atoms with E-state index < -0.39 is 0 Å². The van der Waals surface area contributed by atoms with Crippen molar-refractivity contribution < 1.29 is 4.39 Å². The molecule has 0 aliphatic carbocycles. The summed E-state index contributed by atoms with van der Waals surface area (Å²) in [5.74, 6) is -0.238. The van der Waals surface area contributed by atoms with Gasteiger partial charge in [0.25, 0.3) is 0 Å². The Morgan fingerprint density at radius 2 is 1.59 bits per heavy atom. The lowest BCUT2D eigenvalue weighted by molar-refractivity contribution is 0.628. The van der Waals surface area contributed by atoms with E-state index >= 15 is 0 Å². The van der Waals surface area contributed by atoms with E-state index in [2.05, 4.69) is 31.8 Å². The average molecular weight is 380 g/mol. The number of anilines is 2. The molecule has 0 atom stereocenters. The van der Waals surface area contributed by atoms with Crippen LogP contribution in [0.25, 0.3) is 28.0 Å². The molecule has 140 valence electrons. The van der Waals surface area contributed by atoms with E-state index in [1.54, 1.807) is 24.5 Å². The van der Waals surface area contributed by atoms with Crippen molar-refractivity contribution in [1.82, 2.24) is 14.4 Å². The van der Waals surface area contributed by atoms with Crippen molar-refractivity contribution in [1.29, 1.82) is 0 Å². The van der Waals surface area contributed by atoms with E-state index in [0.29, 0.717) is 0 Å². The van der Waals surface area contributed by atoms with Gasteiger partial charge < -0.3 is 5.32 Å². The number of nitrogens with zero attached hydrogens (tertiary/aromatic N) is 3. The Morgan fingerprint density at radius 3 is 2.41 bits per heavy atom. The Hall–Kier alpha value is -3.99. The Kier molecular flexibility index (Phi) is 4.26. The average Bonchev–Trinajstić information content (AvgIpc) is 3.18. The van der Waals surface area contributed by atoms with Crippen LogP contribution in [-0.4, -0.2) is 14.4 Å². The summed E-state index contributed by atoms with van der Waals surface area (Å²) in [6.07, 6.45) is 7.39. The molecule has 0 fully saturated rings. The minimum absolute atomic E-state index is 0.238. The van der Waals surface area contributed by atoms with Crippen LogP contribution in [0.4, 0.5) is 15.8 Å². The van der Waals surface area contributed by atoms with Crippen LogP contribution in [-0.2, 0) is 0 Å². The SMILES string of the molecule is Fc1ccc(-c2ccn3c(-c4cccc(Nc5ccncc5)c4)cnc3c2)cc1. The summed E-state index contributed by atoms with van der Waals surface area (Å²) in [7, 11) is 0. The summed E-state index contributed by atoms with van der Waals surface area (Å²) in [6, 6.07) is 22.6. The molecule has 0 spiro atoms. The number of hydrogen-bond donors (Lipinski definition) is 1. The maximum atomic E-state index is 13.2. The number of hydrogen-bond acceptors (Lipinski definition) is 3. The molecule has 5 rings (SSSR count). The molecular weight excluding hydrogens is 363 g/mol. The minimum Gasteiger partial charge on any atom is -0.355 e. The topological polar surface area (TPSA) is 42.2 Å². The van der Waals surface area contributed by atoms with Crippen LogP contribution in [0, 0.1) is 5.82 Å². The maximum Gasteiger partial charge on any atom is 0.137 e. The molecular formula is C24H17FN4. The van der Waals surface area contributed by atoms with Crippen molar-refractivity contribution >= 4 is 17.0 Å². The summed E-state index contributed by atoms with van der Waals surface area (Å²) >= 11 is 0. The largest absolute Gasteiger partial charge is 0.355 e. The van der Waals surface area contributed by atoms with Gasteiger partial charge in [-0.1, -0.05) is 24.3 Å². The number of benzene rings is 2. The summed E-state index contributed by atoms with van der Waals surface area (Å²) in [6.45, 7) is 0. The van der Waals surface area contributed by atoms with E-state index in [1.165, 1.54) is 12.1 Å². The molecule has 1 N–H and O–H groups in total. The van der Waals surface area contributed by atoms with Crippen molar-refractivity contribution in [2.45, 2.75) is 0 Å². The summed E-state index contributed by atoms with van der Waals surface area (Å²) in [5.41, 5.74) is 6.85. The van der Waals surface area contributed by atoms with Gasteiger partial charge in [0.15, 0.2) is 0 Å². The van der Waals surface area contributed by atoms with Gasteiger partial charge in [-0.2, -0.15) is 0 Å². The second kappa shape index (κ2) is 7.20. The van der Waals surface area contributed by atoms with Crippen LogP contribution in [0.2, 0.25) is 0 Å². The second-order valence-electron chi connectivity index (χ2n) is 6.74. The molecule has 0 saturated heterocycles. The Bertz CT molecular complexity index is 1280. The predicted octanol–water partition coefficient (Wildman–Crippen LogP) is 5.95. The van der Waals surface area contributed by atoms with E-state index in [-0.39, 0.29) is 5.82 Å². The van der Waals surface area contributed by atoms with Gasteiger partial charge in [0.2, 0.25) is 0 Å². The first-order valence-electron chi connectivity index (χ1n) is 9.27. The zero-order valence-electron chi connectivity index (χ0n) is 15.5. The van der Waals surface area contributed by atoms with Gasteiger partial charge >= 0.3 is 0 Å². The molecule has 0 aliphatic heterocycles. The molecule has 0 unspecified atom stereocenters. The molecule has 5 heteroatoms. The monoisotopic (exact) mass is 380 g/mol. The summed E-state index contributed by atoms with van der Waals surface area (Å²) < 4.78 is 15.2. The third kappa shape index (κ3) is 3.46. The Labute approximate surface area is 167 Å². The highest BCUT2D eigenvalue weighted by atomic mass is 19.1. The number of rotatable bonds is 4. The van der Waals surface area contributed by atoms with Crippen LogP contribution in [0.5, 0.6) is 0 Å². The highest BCUT2D eigenvalue weighted by Gasteiger charge is 2.08. The molecule has 0 saturated carbocycles. The lowest BCUT2D eigenvalue weighted by atomic mass is 10.1. The quantitative estimate of drug-likeness (QED) is 0.419. The van der Waals surface area contributed by atoms with Crippen LogP contribution >= 0.6 is 0 Å². The summed E-state index contributed by atoms with van der Waals surface area (Å²) in [4.78, 5) is 8.62. The molecule has 5 aromatic rings. The van der Waals surface area contributed by atoms with Gasteiger partial charge in [-0.15, -0.1) is 0 Å². The molecule has 0 bridgehead atoms. The molecule has 0 aliphatic rings. The molecule has 3 heterocycles. The smallest absolute Gasteiger partial charge is 0.137 e. The normalized spacial score (nSPS) is 10.9. The number of halogens is 1. The van der Waals surface area contributed by atoms with Crippen molar-refractivity contribution in [3.63, 3.8) is 0 Å². The minimum atomic E-state index is -0.238. The fraction of sp³-hybridized carbons (Fsp3) is 0. The van der Waals surface area contributed by atoms with Gasteiger partial charge in [0, 0.05) is 35.5 Å². The molecule has 2 aromatic carbocycles. The molecule has 0 amide bonds. The van der Waals surface area contributed by atoms with Crippen LogP contribution < -0.4 is 5.32 Å². The van der Waals surface area contributed by atoms with Crippen molar-refractivity contribution in [3.05, 3.63) is 103 Å². The van der Waals surface area contributed by atoms with E-state index in [0.717, 1.165) is 39.4 Å². The van der Waals surface area contributed by atoms with Crippen molar-refractivity contribution in [3.8, 4) is 22.4 Å². The Morgan fingerprint density at radius 1 is 0.759 bits per heavy atom. The van der Waals surface area contributed by atoms with Crippen LogP contribution in [0.3, 0.4) is 0 Å². The van der Waals surface area contributed by atoms with Gasteiger partial charge in [0.05, 0.1) is 11.9 Å². The van der Waals surface area contributed by atoms with Gasteiger partial charge in [-0.3, -0.25) is 9.38 Å². The summed E-state index contributed by atoms with van der Waals surface area (Å²) in [5, 5.41) is 3.39. The maximum absolute atomic E-state index is 13.2. The number of pyridine rings is 2. The molecule has 29 heavy (non-hydrogen) atoms. The fourth-order valence-corrected chi connectivity index (χ4v) is 3.37. The van der Waals surface area contributed by atoms with Gasteiger partial charge in [0.1, 0.15) is 11.5 Å². The van der Waals surface area contributed by atoms with Gasteiger partial charge in [-0.25, -0.2) is 9.37 Å². The molecule has 4 nitrogen and oxygen atoms in total. The van der Waals surface area contributed by atoms with Crippen LogP contribution in [0.15, 0.2) is 97.6 Å². The number of nitrogens with one attached hydrogen (secondary N) is 1. The van der Waals surface area contributed by atoms with Crippen molar-refractivity contribution in [2.75, 3.05) is 5.32 Å². The second-order valence-corrected chi connectivity index (χ2v) is 6.74. The third-order valence-electron chi connectivity index (χ3n) is 4.82. The highest BCUT2D eigenvalue weighted by Crippen LogP contribution is 2.27. The number of aromatic nitrogens is 3. The Balaban J connectivity index is 1.49. The third-order valence-corrected chi connectivity index (χ3v) is 4.82. The van der Waals surface area contributed by atoms with E-state index in [1.807, 2.05) is 48.8 Å². The molecule has 3 aromatic heterocycles. The zero-order valence-corrected chi connectivity index (χ0v) is 15.5. The number of imidazole rings is 1.